The smallest absolute Gasteiger partial charge is 0.184 e. The van der Waals surface area contributed by atoms with Crippen LogP contribution in [0.4, 0.5) is 0 Å². The number of hydrogen-bond acceptors (Lipinski definition) is 3. The fourth-order valence-electron chi connectivity index (χ4n) is 8.15. The Morgan fingerprint density at radius 2 is 1.69 bits per heavy atom. The maximum absolute atomic E-state index is 13.2. The summed E-state index contributed by atoms with van der Waals surface area (Å²) in [5, 5.41) is 0. The second-order valence-electron chi connectivity index (χ2n) is 13.9. The van der Waals surface area contributed by atoms with Crippen molar-refractivity contribution in [3.05, 3.63) is 11.6 Å². The van der Waals surface area contributed by atoms with Crippen molar-refractivity contribution in [3.8, 4) is 0 Å². The van der Waals surface area contributed by atoms with E-state index < -0.39 is 16.6 Å². The highest BCUT2D eigenvalue weighted by molar-refractivity contribution is 6.70. The normalized spacial score (nSPS) is 42.0. The van der Waals surface area contributed by atoms with Crippen molar-refractivity contribution >= 4 is 22.4 Å². The van der Waals surface area contributed by atoms with E-state index in [1.807, 2.05) is 0 Å². The minimum Gasteiger partial charge on any atom is -0.414 e. The van der Waals surface area contributed by atoms with Gasteiger partial charge in [-0.1, -0.05) is 25.5 Å². The number of fused-ring (bicyclic) bond motifs is 5. The van der Waals surface area contributed by atoms with Gasteiger partial charge in [0.1, 0.15) is 0 Å². The lowest BCUT2D eigenvalue weighted by molar-refractivity contribution is -0.131. The summed E-state index contributed by atoms with van der Waals surface area (Å²) >= 11 is 0. The van der Waals surface area contributed by atoms with E-state index in [1.165, 1.54) is 38.5 Å². The fourth-order valence-corrected chi connectivity index (χ4v) is 9.92. The molecule has 0 saturated heterocycles. The van der Waals surface area contributed by atoms with Gasteiger partial charge in [0.2, 0.25) is 0 Å². The third kappa shape index (κ3) is 4.65. The quantitative estimate of drug-likeness (QED) is 0.300. The average molecular weight is 477 g/mol. The monoisotopic (exact) mass is 476 g/mol. The predicted molar refractivity (Wildman–Crippen MR) is 138 cm³/mol. The van der Waals surface area contributed by atoms with E-state index in [1.54, 1.807) is 5.57 Å². The van der Waals surface area contributed by atoms with Gasteiger partial charge in [0.25, 0.3) is 0 Å². The third-order valence-electron chi connectivity index (χ3n) is 9.62. The zero-order valence-corrected chi connectivity index (χ0v) is 24.1. The van der Waals surface area contributed by atoms with E-state index in [0.29, 0.717) is 29.8 Å². The van der Waals surface area contributed by atoms with Crippen LogP contribution >= 0.6 is 0 Å². The van der Waals surface area contributed by atoms with Gasteiger partial charge in [-0.15, -0.1) is 0 Å². The molecule has 0 radical (unpaired) electrons. The van der Waals surface area contributed by atoms with Crippen LogP contribution in [-0.4, -0.2) is 35.1 Å². The third-order valence-corrected chi connectivity index (χ3v) is 11.7. The predicted octanol–water partition coefficient (Wildman–Crippen LogP) is 7.21. The molecular weight excluding hydrogens is 428 g/mol. The molecule has 0 aliphatic heterocycles. The van der Waals surface area contributed by atoms with Gasteiger partial charge in [0.15, 0.2) is 22.4 Å². The Kier molecular flexibility index (Phi) is 6.57. The van der Waals surface area contributed by atoms with Crippen LogP contribution < -0.4 is 0 Å². The Labute approximate surface area is 199 Å². The minimum absolute atomic E-state index is 0.181. The molecule has 0 aromatic rings. The van der Waals surface area contributed by atoms with Crippen molar-refractivity contribution < 1.29 is 13.6 Å². The highest BCUT2D eigenvalue weighted by Gasteiger charge is 2.59. The van der Waals surface area contributed by atoms with Crippen LogP contribution in [-0.2, 0) is 13.6 Å². The molecule has 7 unspecified atom stereocenters. The highest BCUT2D eigenvalue weighted by Crippen LogP contribution is 2.66. The van der Waals surface area contributed by atoms with Crippen molar-refractivity contribution in [2.75, 3.05) is 6.61 Å². The summed E-state index contributed by atoms with van der Waals surface area (Å²) in [6.45, 7) is 18.9. The highest BCUT2D eigenvalue weighted by atomic mass is 28.4. The van der Waals surface area contributed by atoms with Gasteiger partial charge in [-0.3, -0.25) is 4.79 Å². The molecule has 0 amide bonds. The van der Waals surface area contributed by atoms with Crippen LogP contribution in [0.25, 0.3) is 0 Å². The molecule has 0 N–H and O–H groups in total. The molecule has 5 heteroatoms. The lowest BCUT2D eigenvalue weighted by Gasteiger charge is -2.58. The van der Waals surface area contributed by atoms with Crippen molar-refractivity contribution in [1.82, 2.24) is 0 Å². The van der Waals surface area contributed by atoms with Gasteiger partial charge >= 0.3 is 0 Å². The zero-order valence-electron chi connectivity index (χ0n) is 22.1. The van der Waals surface area contributed by atoms with Gasteiger partial charge in [0.05, 0.1) is 6.61 Å². The molecule has 4 aliphatic carbocycles. The summed E-state index contributed by atoms with van der Waals surface area (Å²) in [5.41, 5.74) is 2.24. The van der Waals surface area contributed by atoms with Crippen LogP contribution in [0, 0.1) is 34.5 Å². The lowest BCUT2D eigenvalue weighted by atomic mass is 9.47. The van der Waals surface area contributed by atoms with E-state index in [-0.39, 0.29) is 11.3 Å². The van der Waals surface area contributed by atoms with Gasteiger partial charge in [-0.2, -0.15) is 0 Å². The number of Topliss-reactive ketones (excluding diaryl/α,β-unsaturated/α-hetero) is 1. The Balaban J connectivity index is 1.49. The van der Waals surface area contributed by atoms with E-state index >= 15 is 0 Å². The number of carbonyl (C=O) groups excluding carboxylic acids is 1. The first-order valence-electron chi connectivity index (χ1n) is 13.3. The molecular formula is C27H48O3Si2. The number of rotatable bonds is 6. The van der Waals surface area contributed by atoms with Crippen LogP contribution in [0.15, 0.2) is 11.6 Å². The van der Waals surface area contributed by atoms with Crippen molar-refractivity contribution in [2.45, 2.75) is 111 Å². The molecule has 0 bridgehead atoms. The fraction of sp³-hybridized carbons (Fsp3) is 0.889. The van der Waals surface area contributed by atoms with Gasteiger partial charge in [-0.05, 0) is 119 Å². The van der Waals surface area contributed by atoms with Crippen LogP contribution in [0.1, 0.15) is 65.2 Å². The summed E-state index contributed by atoms with van der Waals surface area (Å²) in [6.07, 6.45) is 12.8. The molecule has 7 atom stereocenters. The molecule has 4 rings (SSSR count). The second kappa shape index (κ2) is 8.46. The summed E-state index contributed by atoms with van der Waals surface area (Å²) < 4.78 is 12.6. The molecule has 182 valence electrons. The number of allylic oxidation sites excluding steroid dienone is 1. The summed E-state index contributed by atoms with van der Waals surface area (Å²) in [5.74, 6) is 2.85. The first-order valence-corrected chi connectivity index (χ1v) is 20.1. The molecule has 0 aromatic heterocycles. The summed E-state index contributed by atoms with van der Waals surface area (Å²) in [4.78, 5) is 13.2. The van der Waals surface area contributed by atoms with Crippen LogP contribution in [0.3, 0.4) is 0 Å². The minimum atomic E-state index is -1.65. The van der Waals surface area contributed by atoms with Crippen LogP contribution in [0.5, 0.6) is 0 Å². The SMILES string of the molecule is CC12CCC(O[Si](C)(C)C)CC1=CCC1C2CCC2(C)C(C(=O)CO[Si](C)(C)C)CCC12. The molecule has 4 aliphatic rings. The lowest BCUT2D eigenvalue weighted by Crippen LogP contribution is -2.51. The Bertz CT molecular complexity index is 764. The Morgan fingerprint density at radius 1 is 0.969 bits per heavy atom. The number of carbonyl (C=O) groups is 1. The Hall–Kier alpha value is -0.236. The standard InChI is InChI=1S/C27H48O3Si2/c1-26-15-13-20(30-32(6,7)8)17-19(26)9-10-21-22-11-12-24(25(28)18-29-31(3,4)5)27(22,2)16-14-23(21)26/h9,20-24H,10-18H2,1-8H3. The molecule has 3 saturated carbocycles. The largest absolute Gasteiger partial charge is 0.414 e. The first-order chi connectivity index (χ1) is 14.7. The van der Waals surface area contributed by atoms with Gasteiger partial charge in [-0.25, -0.2) is 0 Å². The zero-order chi connectivity index (χ0) is 23.5. The number of hydrogen-bond donors (Lipinski definition) is 0. The first kappa shape index (κ1) is 24.9. The topological polar surface area (TPSA) is 35.5 Å². The second-order valence-corrected chi connectivity index (χ2v) is 22.9. The molecule has 32 heavy (non-hydrogen) atoms. The van der Waals surface area contributed by atoms with E-state index in [2.05, 4.69) is 59.2 Å². The van der Waals surface area contributed by atoms with Crippen LogP contribution in [0.2, 0.25) is 39.3 Å². The van der Waals surface area contributed by atoms with Crippen molar-refractivity contribution in [3.63, 3.8) is 0 Å². The molecule has 0 aromatic carbocycles. The van der Waals surface area contributed by atoms with E-state index in [0.717, 1.165) is 24.7 Å². The molecule has 0 heterocycles. The van der Waals surface area contributed by atoms with E-state index in [4.69, 9.17) is 8.85 Å². The van der Waals surface area contributed by atoms with Crippen molar-refractivity contribution in [2.24, 2.45) is 34.5 Å². The molecule has 3 nitrogen and oxygen atoms in total. The van der Waals surface area contributed by atoms with E-state index in [9.17, 15) is 4.79 Å². The Morgan fingerprint density at radius 3 is 2.34 bits per heavy atom. The van der Waals surface area contributed by atoms with Gasteiger partial charge < -0.3 is 8.85 Å². The molecule has 0 spiro atoms. The molecule has 3 fully saturated rings. The number of ketones is 1. The van der Waals surface area contributed by atoms with Gasteiger partial charge in [0, 0.05) is 12.0 Å². The summed E-state index contributed by atoms with van der Waals surface area (Å²) in [7, 11) is -3.15. The maximum Gasteiger partial charge on any atom is 0.184 e. The maximum atomic E-state index is 13.2. The van der Waals surface area contributed by atoms with Crippen molar-refractivity contribution in [1.29, 1.82) is 0 Å². The summed E-state index contributed by atoms with van der Waals surface area (Å²) in [6, 6.07) is 0. The average Bonchev–Trinajstić information content (AvgIpc) is 3.02.